The van der Waals surface area contributed by atoms with Crippen LogP contribution in [0.15, 0.2) is 124 Å². The van der Waals surface area contributed by atoms with Crippen LogP contribution in [-0.4, -0.2) is 24.7 Å². The number of hydrogen-bond acceptors (Lipinski definition) is 7. The number of fused-ring (bicyclic) bond motifs is 1. The minimum Gasteiger partial charge on any atom is -0.497 e. The summed E-state index contributed by atoms with van der Waals surface area (Å²) in [4.78, 5) is 33.3. The predicted molar refractivity (Wildman–Crippen MR) is 176 cm³/mol. The summed E-state index contributed by atoms with van der Waals surface area (Å²) in [6.45, 7) is 2.12. The summed E-state index contributed by atoms with van der Waals surface area (Å²) in [5.41, 5.74) is 3.68. The van der Waals surface area contributed by atoms with Crippen molar-refractivity contribution in [3.8, 4) is 17.2 Å². The van der Waals surface area contributed by atoms with E-state index in [4.69, 9.17) is 19.2 Å². The highest BCUT2D eigenvalue weighted by atomic mass is 32.1. The molecule has 45 heavy (non-hydrogen) atoms. The zero-order valence-electron chi connectivity index (χ0n) is 25.0. The Bertz CT molecular complexity index is 2070. The number of para-hydroxylation sites is 2. The average Bonchev–Trinajstić information content (AvgIpc) is 3.37. The lowest BCUT2D eigenvalue weighted by molar-refractivity contribution is -0.113. The number of benzene rings is 4. The van der Waals surface area contributed by atoms with Gasteiger partial charge in [-0.05, 0) is 54.5 Å². The fourth-order valence-corrected chi connectivity index (χ4v) is 6.33. The number of carbonyl (C=O) groups excluding carboxylic acids is 1. The van der Waals surface area contributed by atoms with Crippen molar-refractivity contribution in [2.24, 2.45) is 4.99 Å². The van der Waals surface area contributed by atoms with Gasteiger partial charge in [-0.15, -0.1) is 0 Å². The van der Waals surface area contributed by atoms with E-state index in [-0.39, 0.29) is 11.5 Å². The molecule has 8 nitrogen and oxygen atoms in total. The summed E-state index contributed by atoms with van der Waals surface area (Å²) in [5.74, 6) is 1.35. The molecule has 1 amide bonds. The van der Waals surface area contributed by atoms with Crippen LogP contribution in [0.3, 0.4) is 0 Å². The lowest BCUT2D eigenvalue weighted by Gasteiger charge is -2.25. The maximum Gasteiger partial charge on any atom is 0.271 e. The van der Waals surface area contributed by atoms with Crippen LogP contribution in [-0.2, 0) is 11.4 Å². The van der Waals surface area contributed by atoms with Gasteiger partial charge in [-0.25, -0.2) is 4.99 Å². The highest BCUT2D eigenvalue weighted by Gasteiger charge is 2.33. The first kappa shape index (κ1) is 29.7. The number of allylic oxidation sites excluding steroid dienone is 1. The van der Waals surface area contributed by atoms with Crippen LogP contribution >= 0.6 is 11.3 Å². The van der Waals surface area contributed by atoms with Crippen LogP contribution < -0.4 is 34.4 Å². The molecule has 2 heterocycles. The number of nitrogens with zero attached hydrogens (tertiary/aromatic N) is 2. The first-order chi connectivity index (χ1) is 22.0. The van der Waals surface area contributed by atoms with Crippen LogP contribution in [0, 0.1) is 0 Å². The van der Waals surface area contributed by atoms with Crippen LogP contribution in [0.25, 0.3) is 6.08 Å². The van der Waals surface area contributed by atoms with Crippen LogP contribution in [0.5, 0.6) is 17.2 Å². The molecular formula is C36H31N3O5S. The van der Waals surface area contributed by atoms with Gasteiger partial charge in [-0.2, -0.15) is 0 Å². The number of rotatable bonds is 9. The Morgan fingerprint density at radius 1 is 0.933 bits per heavy atom. The third-order valence-electron chi connectivity index (χ3n) is 7.45. The van der Waals surface area contributed by atoms with Gasteiger partial charge < -0.3 is 19.5 Å². The Morgan fingerprint density at radius 3 is 2.40 bits per heavy atom. The van der Waals surface area contributed by atoms with E-state index in [9.17, 15) is 9.59 Å². The number of thiazole rings is 1. The van der Waals surface area contributed by atoms with Gasteiger partial charge in [0.1, 0.15) is 12.4 Å². The molecule has 0 saturated heterocycles. The number of ether oxygens (including phenoxy) is 3. The molecule has 1 aliphatic heterocycles. The number of hydrogen-bond donors (Lipinski definition) is 1. The number of methoxy groups -OCH3 is 2. The minimum atomic E-state index is -0.735. The zero-order valence-corrected chi connectivity index (χ0v) is 25.8. The van der Waals surface area contributed by atoms with Gasteiger partial charge in [0.05, 0.1) is 36.1 Å². The maximum atomic E-state index is 14.3. The van der Waals surface area contributed by atoms with E-state index in [1.165, 1.54) is 11.3 Å². The van der Waals surface area contributed by atoms with Gasteiger partial charge in [0.25, 0.3) is 11.5 Å². The topological polar surface area (TPSA) is 91.2 Å². The summed E-state index contributed by atoms with van der Waals surface area (Å²) in [6, 6.07) is 31.3. The van der Waals surface area contributed by atoms with E-state index in [0.29, 0.717) is 55.7 Å². The molecule has 226 valence electrons. The minimum absolute atomic E-state index is 0.277. The van der Waals surface area contributed by atoms with Crippen molar-refractivity contribution in [1.29, 1.82) is 0 Å². The van der Waals surface area contributed by atoms with E-state index in [0.717, 1.165) is 11.1 Å². The van der Waals surface area contributed by atoms with E-state index in [2.05, 4.69) is 5.32 Å². The van der Waals surface area contributed by atoms with Crippen molar-refractivity contribution < 1.29 is 19.0 Å². The number of anilines is 1. The fourth-order valence-electron chi connectivity index (χ4n) is 5.29. The van der Waals surface area contributed by atoms with Crippen molar-refractivity contribution >= 4 is 29.0 Å². The molecule has 0 radical (unpaired) electrons. The third-order valence-corrected chi connectivity index (χ3v) is 8.43. The molecular weight excluding hydrogens is 586 g/mol. The van der Waals surface area contributed by atoms with Crippen molar-refractivity contribution in [3.05, 3.63) is 151 Å². The second-order valence-corrected chi connectivity index (χ2v) is 11.3. The summed E-state index contributed by atoms with van der Waals surface area (Å²) in [5, 5.41) is 2.98. The van der Waals surface area contributed by atoms with Crippen molar-refractivity contribution in [1.82, 2.24) is 4.57 Å². The van der Waals surface area contributed by atoms with Gasteiger partial charge in [-0.3, -0.25) is 14.2 Å². The molecule has 1 N–H and O–H groups in total. The van der Waals surface area contributed by atoms with Crippen molar-refractivity contribution in [3.63, 3.8) is 0 Å². The van der Waals surface area contributed by atoms with Crippen molar-refractivity contribution in [2.75, 3.05) is 19.5 Å². The lowest BCUT2D eigenvalue weighted by Crippen LogP contribution is -2.40. The largest absolute Gasteiger partial charge is 0.497 e. The maximum absolute atomic E-state index is 14.3. The SMILES string of the molecule is COc1cccc([C@@H]2C(C(=O)Nc3ccccc3)=C(C)N=c3s/c(=C\c4cccc(OC)c4OCc4ccccc4)c(=O)n32)c1. The highest BCUT2D eigenvalue weighted by molar-refractivity contribution is 7.07. The highest BCUT2D eigenvalue weighted by Crippen LogP contribution is 2.34. The summed E-state index contributed by atoms with van der Waals surface area (Å²) in [6.07, 6.45) is 1.79. The molecule has 0 fully saturated rings. The van der Waals surface area contributed by atoms with E-state index in [1.807, 2.05) is 103 Å². The molecule has 1 aliphatic rings. The lowest BCUT2D eigenvalue weighted by atomic mass is 9.95. The monoisotopic (exact) mass is 617 g/mol. The number of aromatic nitrogens is 1. The van der Waals surface area contributed by atoms with Gasteiger partial charge in [0.2, 0.25) is 0 Å². The zero-order chi connectivity index (χ0) is 31.3. The Kier molecular flexibility index (Phi) is 8.61. The number of carbonyl (C=O) groups is 1. The summed E-state index contributed by atoms with van der Waals surface area (Å²) in [7, 11) is 3.17. The van der Waals surface area contributed by atoms with E-state index in [1.54, 1.807) is 31.8 Å². The third kappa shape index (κ3) is 6.16. The van der Waals surface area contributed by atoms with E-state index >= 15 is 0 Å². The summed E-state index contributed by atoms with van der Waals surface area (Å²) >= 11 is 1.26. The Labute approximate surface area is 264 Å². The van der Waals surface area contributed by atoms with Crippen LogP contribution in [0.1, 0.15) is 29.7 Å². The first-order valence-electron chi connectivity index (χ1n) is 14.3. The van der Waals surface area contributed by atoms with Gasteiger partial charge >= 0.3 is 0 Å². The molecule has 1 atom stereocenters. The molecule has 0 unspecified atom stereocenters. The van der Waals surface area contributed by atoms with E-state index < -0.39 is 6.04 Å². The standard InChI is InChI=1S/C36H31N3O5S/c1-23-31(34(40)38-27-16-8-5-9-17-27)32(25-14-10-18-28(20-25)42-2)39-35(41)30(45-36(39)37-23)21-26-15-11-19-29(43-3)33(26)44-22-24-12-6-4-7-13-24/h4-21,32H,22H2,1-3H3,(H,38,40)/b30-21-/t32-/m1/s1. The van der Waals surface area contributed by atoms with Crippen LogP contribution in [0.4, 0.5) is 5.69 Å². The Balaban J connectivity index is 1.47. The van der Waals surface area contributed by atoms with Gasteiger partial charge in [0, 0.05) is 11.3 Å². The van der Waals surface area contributed by atoms with Crippen molar-refractivity contribution in [2.45, 2.75) is 19.6 Å². The molecule has 5 aromatic rings. The second-order valence-electron chi connectivity index (χ2n) is 10.3. The fraction of sp³-hybridized carbons (Fsp3) is 0.139. The quantitative estimate of drug-likeness (QED) is 0.237. The molecule has 0 aliphatic carbocycles. The van der Waals surface area contributed by atoms with Gasteiger partial charge in [0.15, 0.2) is 16.3 Å². The Morgan fingerprint density at radius 2 is 1.67 bits per heavy atom. The molecule has 1 aromatic heterocycles. The first-order valence-corrected chi connectivity index (χ1v) is 15.1. The number of amides is 1. The molecule has 4 aromatic carbocycles. The summed E-state index contributed by atoms with van der Waals surface area (Å²) < 4.78 is 19.4. The molecule has 0 bridgehead atoms. The normalized spacial score (nSPS) is 14.4. The average molecular weight is 618 g/mol. The molecule has 0 saturated carbocycles. The number of nitrogens with one attached hydrogen (secondary N) is 1. The molecule has 9 heteroatoms. The smallest absolute Gasteiger partial charge is 0.271 e. The molecule has 6 rings (SSSR count). The van der Waals surface area contributed by atoms with Gasteiger partial charge in [-0.1, -0.05) is 84.1 Å². The second kappa shape index (κ2) is 13.1. The predicted octanol–water partition coefficient (Wildman–Crippen LogP) is 5.47. The molecule has 0 spiro atoms. The Hall–Kier alpha value is -5.41. The van der Waals surface area contributed by atoms with Crippen LogP contribution in [0.2, 0.25) is 0 Å².